The van der Waals surface area contributed by atoms with E-state index < -0.39 is 9.84 Å². The summed E-state index contributed by atoms with van der Waals surface area (Å²) in [6.07, 6.45) is 4.78. The topological polar surface area (TPSA) is 51.4 Å². The summed E-state index contributed by atoms with van der Waals surface area (Å²) in [6, 6.07) is 11.0. The Morgan fingerprint density at radius 1 is 1.10 bits per heavy atom. The quantitative estimate of drug-likeness (QED) is 0.728. The number of benzene rings is 1. The first-order chi connectivity index (χ1) is 9.45. The van der Waals surface area contributed by atoms with Crippen LogP contribution in [0.1, 0.15) is 5.56 Å². The van der Waals surface area contributed by atoms with Crippen molar-refractivity contribution in [3.63, 3.8) is 0 Å². The molecule has 0 bridgehead atoms. The highest BCUT2D eigenvalue weighted by Crippen LogP contribution is 2.24. The minimum absolute atomic E-state index is 0.329. The lowest BCUT2D eigenvalue weighted by Crippen LogP contribution is -1.97. The van der Waals surface area contributed by atoms with E-state index in [4.69, 9.17) is 0 Å². The van der Waals surface area contributed by atoms with E-state index in [1.807, 2.05) is 23.5 Å². The molecule has 0 saturated heterocycles. The van der Waals surface area contributed by atoms with Gasteiger partial charge in [-0.05, 0) is 42.3 Å². The largest absolute Gasteiger partial charge is 0.299 e. The van der Waals surface area contributed by atoms with Crippen LogP contribution in [0, 0.1) is 6.92 Å². The third kappa shape index (κ3) is 2.20. The molecule has 0 radical (unpaired) electrons. The normalized spacial score (nSPS) is 11.9. The van der Waals surface area contributed by atoms with Crippen LogP contribution in [-0.2, 0) is 9.84 Å². The first-order valence-electron chi connectivity index (χ1n) is 6.18. The fraction of sp³-hybridized carbons (Fsp3) is 0.133. The number of aryl methyl sites for hydroxylation is 1. The second kappa shape index (κ2) is 4.45. The molecule has 0 atom stereocenters. The van der Waals surface area contributed by atoms with Crippen LogP contribution in [0.15, 0.2) is 53.8 Å². The van der Waals surface area contributed by atoms with Crippen molar-refractivity contribution in [3.05, 3.63) is 54.5 Å². The predicted octanol–water partition coefficient (Wildman–Crippen LogP) is 2.71. The number of nitrogens with zero attached hydrogens (tertiary/aromatic N) is 2. The molecule has 2 aromatic heterocycles. The van der Waals surface area contributed by atoms with Crippen LogP contribution >= 0.6 is 0 Å². The molecule has 20 heavy (non-hydrogen) atoms. The Balaban J connectivity index is 2.18. The molecule has 0 aliphatic heterocycles. The van der Waals surface area contributed by atoms with Crippen LogP contribution in [0.25, 0.3) is 16.8 Å². The lowest BCUT2D eigenvalue weighted by Gasteiger charge is -2.08. The van der Waals surface area contributed by atoms with Crippen LogP contribution in [0.4, 0.5) is 0 Å². The maximum atomic E-state index is 11.5. The predicted molar refractivity (Wildman–Crippen MR) is 78.5 cm³/mol. The van der Waals surface area contributed by atoms with Crippen molar-refractivity contribution in [2.45, 2.75) is 11.8 Å². The number of sulfone groups is 1. The Kier molecular flexibility index (Phi) is 2.87. The highest BCUT2D eigenvalue weighted by atomic mass is 32.2. The summed E-state index contributed by atoms with van der Waals surface area (Å²) in [6.45, 7) is 2.03. The van der Waals surface area contributed by atoms with E-state index in [1.165, 1.54) is 6.26 Å². The fourth-order valence-electron chi connectivity index (χ4n) is 2.27. The van der Waals surface area contributed by atoms with Crippen molar-refractivity contribution in [3.8, 4) is 11.3 Å². The summed E-state index contributed by atoms with van der Waals surface area (Å²) in [5.74, 6) is 0. The van der Waals surface area contributed by atoms with Crippen LogP contribution in [0.5, 0.6) is 0 Å². The minimum atomic E-state index is -3.16. The molecule has 1 aromatic carbocycles. The number of hydrogen-bond acceptors (Lipinski definition) is 3. The molecule has 0 unspecified atom stereocenters. The van der Waals surface area contributed by atoms with Crippen LogP contribution < -0.4 is 0 Å². The molecule has 0 spiro atoms. The van der Waals surface area contributed by atoms with Crippen molar-refractivity contribution < 1.29 is 8.42 Å². The Hall–Kier alpha value is -2.14. The highest BCUT2D eigenvalue weighted by Gasteiger charge is 2.09. The van der Waals surface area contributed by atoms with E-state index in [9.17, 15) is 8.42 Å². The summed E-state index contributed by atoms with van der Waals surface area (Å²) < 4.78 is 25.0. The number of fused-ring (bicyclic) bond motifs is 1. The number of hydrogen-bond donors (Lipinski definition) is 0. The summed E-state index contributed by atoms with van der Waals surface area (Å²) >= 11 is 0. The van der Waals surface area contributed by atoms with E-state index in [-0.39, 0.29) is 0 Å². The summed E-state index contributed by atoms with van der Waals surface area (Å²) in [5.41, 5.74) is 4.12. The van der Waals surface area contributed by atoms with Crippen LogP contribution in [0.3, 0.4) is 0 Å². The zero-order valence-electron chi connectivity index (χ0n) is 11.2. The molecule has 0 aliphatic carbocycles. The van der Waals surface area contributed by atoms with Gasteiger partial charge < -0.3 is 0 Å². The molecule has 0 fully saturated rings. The van der Waals surface area contributed by atoms with Gasteiger partial charge in [0.15, 0.2) is 9.84 Å². The maximum Gasteiger partial charge on any atom is 0.175 e. The van der Waals surface area contributed by atoms with Gasteiger partial charge in [0.1, 0.15) is 0 Å². The fourth-order valence-corrected chi connectivity index (χ4v) is 2.90. The monoisotopic (exact) mass is 286 g/mol. The number of aromatic nitrogens is 2. The van der Waals surface area contributed by atoms with Crippen molar-refractivity contribution in [1.29, 1.82) is 0 Å². The van der Waals surface area contributed by atoms with Crippen molar-refractivity contribution >= 4 is 15.4 Å². The molecule has 0 aliphatic rings. The minimum Gasteiger partial charge on any atom is -0.299 e. The lowest BCUT2D eigenvalue weighted by atomic mass is 10.1. The van der Waals surface area contributed by atoms with Gasteiger partial charge in [-0.1, -0.05) is 12.1 Å². The average Bonchev–Trinajstić information content (AvgIpc) is 2.85. The smallest absolute Gasteiger partial charge is 0.175 e. The van der Waals surface area contributed by atoms with Gasteiger partial charge in [0.25, 0.3) is 0 Å². The lowest BCUT2D eigenvalue weighted by molar-refractivity contribution is 0.602. The van der Waals surface area contributed by atoms with Gasteiger partial charge in [0, 0.05) is 6.26 Å². The van der Waals surface area contributed by atoms with E-state index in [1.54, 1.807) is 24.7 Å². The molecule has 3 rings (SSSR count). The van der Waals surface area contributed by atoms with Gasteiger partial charge in [-0.25, -0.2) is 13.4 Å². The third-order valence-electron chi connectivity index (χ3n) is 3.24. The zero-order valence-corrected chi connectivity index (χ0v) is 12.1. The summed E-state index contributed by atoms with van der Waals surface area (Å²) in [5, 5.41) is 0. The zero-order chi connectivity index (χ0) is 14.3. The van der Waals surface area contributed by atoms with Gasteiger partial charge >= 0.3 is 0 Å². The third-order valence-corrected chi connectivity index (χ3v) is 4.37. The first kappa shape index (κ1) is 12.9. The first-order valence-corrected chi connectivity index (χ1v) is 8.07. The van der Waals surface area contributed by atoms with E-state index >= 15 is 0 Å². The molecule has 0 saturated carbocycles. The molecular formula is C15H14N2O2S. The van der Waals surface area contributed by atoms with Gasteiger partial charge in [-0.15, -0.1) is 0 Å². The summed E-state index contributed by atoms with van der Waals surface area (Å²) in [4.78, 5) is 4.48. The second-order valence-electron chi connectivity index (χ2n) is 4.90. The van der Waals surface area contributed by atoms with Gasteiger partial charge in [-0.2, -0.15) is 0 Å². The molecule has 5 heteroatoms. The number of pyridine rings is 1. The summed E-state index contributed by atoms with van der Waals surface area (Å²) in [7, 11) is -3.16. The van der Waals surface area contributed by atoms with Crippen molar-refractivity contribution in [1.82, 2.24) is 9.38 Å². The molecule has 102 valence electrons. The van der Waals surface area contributed by atoms with Gasteiger partial charge in [-0.3, -0.25) is 4.40 Å². The SMILES string of the molecule is Cc1cc(-c2ccc(S(C)(=O)=O)cc2)n2cncc2c1. The molecule has 4 nitrogen and oxygen atoms in total. The van der Waals surface area contributed by atoms with Crippen molar-refractivity contribution in [2.75, 3.05) is 6.26 Å². The number of rotatable bonds is 2. The number of imidazole rings is 1. The molecule has 3 aromatic rings. The molecule has 0 amide bonds. The maximum absolute atomic E-state index is 11.5. The van der Waals surface area contributed by atoms with E-state index in [0.717, 1.165) is 22.3 Å². The van der Waals surface area contributed by atoms with E-state index in [2.05, 4.69) is 17.1 Å². The molecule has 0 N–H and O–H groups in total. The second-order valence-corrected chi connectivity index (χ2v) is 6.92. The highest BCUT2D eigenvalue weighted by molar-refractivity contribution is 7.90. The van der Waals surface area contributed by atoms with Gasteiger partial charge in [0.2, 0.25) is 0 Å². The standard InChI is InChI=1S/C15H14N2O2S/c1-11-7-13-9-16-10-17(13)15(8-11)12-3-5-14(6-4-12)20(2,18)19/h3-10H,1-2H3. The Labute approximate surface area is 117 Å². The average molecular weight is 286 g/mol. The van der Waals surface area contributed by atoms with Gasteiger partial charge in [0.05, 0.1) is 28.6 Å². The van der Waals surface area contributed by atoms with Crippen LogP contribution in [-0.4, -0.2) is 24.1 Å². The van der Waals surface area contributed by atoms with Crippen molar-refractivity contribution in [2.24, 2.45) is 0 Å². The Bertz CT molecular complexity index is 878. The van der Waals surface area contributed by atoms with E-state index in [0.29, 0.717) is 4.90 Å². The molecular weight excluding hydrogens is 272 g/mol. The molecule has 2 heterocycles. The Morgan fingerprint density at radius 3 is 2.45 bits per heavy atom. The Morgan fingerprint density at radius 2 is 1.80 bits per heavy atom. The van der Waals surface area contributed by atoms with Crippen LogP contribution in [0.2, 0.25) is 0 Å².